The summed E-state index contributed by atoms with van der Waals surface area (Å²) >= 11 is 0. The van der Waals surface area contributed by atoms with Gasteiger partial charge in [0.15, 0.2) is 0 Å². The van der Waals surface area contributed by atoms with Crippen molar-refractivity contribution in [1.82, 2.24) is 15.1 Å². The maximum Gasteiger partial charge on any atom is 0.325 e. The number of imide groups is 1. The Bertz CT molecular complexity index is 767. The lowest BCUT2D eigenvalue weighted by Crippen LogP contribution is -2.48. The molecule has 3 aliphatic rings. The van der Waals surface area contributed by atoms with Gasteiger partial charge in [-0.3, -0.25) is 14.5 Å². The monoisotopic (exact) mass is 355 g/mol. The summed E-state index contributed by atoms with van der Waals surface area (Å²) in [6.07, 6.45) is 2.41. The van der Waals surface area contributed by atoms with Crippen LogP contribution < -0.4 is 5.32 Å². The van der Waals surface area contributed by atoms with E-state index in [0.29, 0.717) is 31.3 Å². The number of fused-ring (bicyclic) bond motifs is 2. The molecule has 1 spiro atoms. The lowest BCUT2D eigenvalue weighted by molar-refractivity contribution is -0.140. The van der Waals surface area contributed by atoms with Crippen LogP contribution in [0.1, 0.15) is 37.8 Å². The highest BCUT2D eigenvalue weighted by atomic mass is 16.2. The lowest BCUT2D eigenvalue weighted by Gasteiger charge is -2.35. The van der Waals surface area contributed by atoms with Gasteiger partial charge in [0.1, 0.15) is 12.1 Å². The van der Waals surface area contributed by atoms with Gasteiger partial charge < -0.3 is 10.2 Å². The van der Waals surface area contributed by atoms with Gasteiger partial charge in [-0.1, -0.05) is 38.1 Å². The first-order valence-corrected chi connectivity index (χ1v) is 9.41. The molecule has 2 heterocycles. The minimum atomic E-state index is -0.990. The number of aryl methyl sites for hydroxylation is 1. The van der Waals surface area contributed by atoms with Gasteiger partial charge in [0.2, 0.25) is 5.91 Å². The quantitative estimate of drug-likeness (QED) is 0.824. The van der Waals surface area contributed by atoms with Crippen LogP contribution in [0.5, 0.6) is 0 Å². The normalized spacial score (nSPS) is 30.7. The average molecular weight is 355 g/mol. The summed E-state index contributed by atoms with van der Waals surface area (Å²) in [6.45, 7) is 5.48. The molecule has 6 nitrogen and oxygen atoms in total. The van der Waals surface area contributed by atoms with Crippen molar-refractivity contribution in [3.63, 3.8) is 0 Å². The van der Waals surface area contributed by atoms with Crippen molar-refractivity contribution in [2.24, 2.45) is 11.8 Å². The Balaban J connectivity index is 1.53. The first-order chi connectivity index (χ1) is 12.4. The van der Waals surface area contributed by atoms with Crippen LogP contribution in [0.2, 0.25) is 0 Å². The Morgan fingerprint density at radius 1 is 1.19 bits per heavy atom. The van der Waals surface area contributed by atoms with E-state index in [-0.39, 0.29) is 18.4 Å². The SMILES string of the molecule is C[C@@H]1C[C@@H](C)CN(C(=O)CN2C(=O)N[C@@]3(CCc4ccccc43)C2=O)C1. The molecule has 0 aromatic heterocycles. The molecule has 3 atom stereocenters. The minimum Gasteiger partial charge on any atom is -0.341 e. The number of hydrogen-bond donors (Lipinski definition) is 1. The maximum absolute atomic E-state index is 13.1. The zero-order valence-electron chi connectivity index (χ0n) is 15.3. The molecule has 1 aliphatic carbocycles. The Labute approximate surface area is 153 Å². The van der Waals surface area contributed by atoms with Crippen LogP contribution in [0.4, 0.5) is 4.79 Å². The van der Waals surface area contributed by atoms with Crippen molar-refractivity contribution in [3.05, 3.63) is 35.4 Å². The summed E-state index contributed by atoms with van der Waals surface area (Å²) in [7, 11) is 0. The molecule has 0 bridgehead atoms. The summed E-state index contributed by atoms with van der Waals surface area (Å²) in [4.78, 5) is 41.3. The van der Waals surface area contributed by atoms with Gasteiger partial charge in [0, 0.05) is 13.1 Å². The van der Waals surface area contributed by atoms with Crippen LogP contribution in [0.25, 0.3) is 0 Å². The van der Waals surface area contributed by atoms with Gasteiger partial charge >= 0.3 is 6.03 Å². The number of piperidine rings is 1. The number of carbonyl (C=O) groups excluding carboxylic acids is 3. The van der Waals surface area contributed by atoms with Gasteiger partial charge in [-0.05, 0) is 42.2 Å². The second kappa shape index (κ2) is 6.11. The topological polar surface area (TPSA) is 69.7 Å². The standard InChI is InChI=1S/C20H25N3O3/c1-13-9-14(2)11-22(10-13)17(24)12-23-18(25)20(21-19(23)26)8-7-15-5-3-4-6-16(15)20/h3-6,13-14H,7-12H2,1-2H3,(H,21,26)/t13-,14-,20-/m1/s1. The Morgan fingerprint density at radius 2 is 1.88 bits per heavy atom. The van der Waals surface area contributed by atoms with Crippen LogP contribution in [0, 0.1) is 11.8 Å². The van der Waals surface area contributed by atoms with E-state index in [0.717, 1.165) is 28.9 Å². The fourth-order valence-electron chi connectivity index (χ4n) is 4.84. The zero-order chi connectivity index (χ0) is 18.5. The molecule has 2 saturated heterocycles. The Kier molecular flexibility index (Phi) is 4.01. The summed E-state index contributed by atoms with van der Waals surface area (Å²) in [5, 5.41) is 2.88. The molecule has 6 heteroatoms. The van der Waals surface area contributed by atoms with Gasteiger partial charge in [-0.25, -0.2) is 4.79 Å². The zero-order valence-corrected chi connectivity index (χ0v) is 15.3. The second-order valence-corrected chi connectivity index (χ2v) is 8.13. The van der Waals surface area contributed by atoms with E-state index in [2.05, 4.69) is 19.2 Å². The van der Waals surface area contributed by atoms with E-state index in [4.69, 9.17) is 0 Å². The van der Waals surface area contributed by atoms with Crippen LogP contribution >= 0.6 is 0 Å². The van der Waals surface area contributed by atoms with Crippen molar-refractivity contribution in [2.45, 2.75) is 38.6 Å². The highest BCUT2D eigenvalue weighted by Gasteiger charge is 2.55. The number of rotatable bonds is 2. The number of nitrogens with one attached hydrogen (secondary N) is 1. The van der Waals surface area contributed by atoms with E-state index in [1.165, 1.54) is 0 Å². The summed E-state index contributed by atoms with van der Waals surface area (Å²) in [6, 6.07) is 7.26. The van der Waals surface area contributed by atoms with Crippen LogP contribution in [0.15, 0.2) is 24.3 Å². The first kappa shape index (κ1) is 17.1. The smallest absolute Gasteiger partial charge is 0.325 e. The van der Waals surface area contributed by atoms with Gasteiger partial charge in [0.25, 0.3) is 5.91 Å². The fourth-order valence-corrected chi connectivity index (χ4v) is 4.84. The molecular formula is C20H25N3O3. The van der Waals surface area contributed by atoms with Gasteiger partial charge in [-0.2, -0.15) is 0 Å². The fraction of sp³-hybridized carbons (Fsp3) is 0.550. The molecule has 4 rings (SSSR count). The van der Waals surface area contributed by atoms with Crippen molar-refractivity contribution in [2.75, 3.05) is 19.6 Å². The molecule has 2 aliphatic heterocycles. The third kappa shape index (κ3) is 2.59. The van der Waals surface area contributed by atoms with E-state index in [1.807, 2.05) is 24.3 Å². The average Bonchev–Trinajstić information content (AvgIpc) is 3.08. The molecule has 138 valence electrons. The van der Waals surface area contributed by atoms with Crippen LogP contribution in [-0.4, -0.2) is 47.3 Å². The molecule has 0 unspecified atom stereocenters. The highest BCUT2D eigenvalue weighted by molar-refractivity contribution is 6.09. The molecule has 26 heavy (non-hydrogen) atoms. The number of nitrogens with zero attached hydrogens (tertiary/aromatic N) is 2. The summed E-state index contributed by atoms with van der Waals surface area (Å²) in [5.41, 5.74) is 0.970. The number of likely N-dealkylation sites (tertiary alicyclic amines) is 1. The molecule has 0 saturated carbocycles. The van der Waals surface area contributed by atoms with Gasteiger partial charge in [0.05, 0.1) is 0 Å². The van der Waals surface area contributed by atoms with Crippen molar-refractivity contribution in [3.8, 4) is 0 Å². The van der Waals surface area contributed by atoms with Crippen molar-refractivity contribution < 1.29 is 14.4 Å². The van der Waals surface area contributed by atoms with E-state index in [1.54, 1.807) is 4.90 Å². The number of hydrogen-bond acceptors (Lipinski definition) is 3. The molecule has 2 fully saturated rings. The van der Waals surface area contributed by atoms with E-state index in [9.17, 15) is 14.4 Å². The molecule has 1 aromatic rings. The van der Waals surface area contributed by atoms with Crippen molar-refractivity contribution >= 4 is 17.8 Å². The first-order valence-electron chi connectivity index (χ1n) is 9.41. The van der Waals surface area contributed by atoms with Gasteiger partial charge in [-0.15, -0.1) is 0 Å². The number of urea groups is 1. The summed E-state index contributed by atoms with van der Waals surface area (Å²) < 4.78 is 0. The molecule has 0 radical (unpaired) electrons. The number of benzene rings is 1. The summed E-state index contributed by atoms with van der Waals surface area (Å²) in [5.74, 6) is 0.451. The third-order valence-electron chi connectivity index (χ3n) is 5.94. The molecule has 1 aromatic carbocycles. The van der Waals surface area contributed by atoms with E-state index >= 15 is 0 Å². The lowest BCUT2D eigenvalue weighted by atomic mass is 9.91. The van der Waals surface area contributed by atoms with Crippen molar-refractivity contribution in [1.29, 1.82) is 0 Å². The Morgan fingerprint density at radius 3 is 2.62 bits per heavy atom. The Hall–Kier alpha value is -2.37. The largest absolute Gasteiger partial charge is 0.341 e. The van der Waals surface area contributed by atoms with Crippen LogP contribution in [-0.2, 0) is 21.5 Å². The van der Waals surface area contributed by atoms with E-state index < -0.39 is 11.6 Å². The number of carbonyl (C=O) groups is 3. The van der Waals surface area contributed by atoms with Crippen LogP contribution in [0.3, 0.4) is 0 Å². The molecule has 1 N–H and O–H groups in total. The highest BCUT2D eigenvalue weighted by Crippen LogP contribution is 2.41. The second-order valence-electron chi connectivity index (χ2n) is 8.13. The molecule has 4 amide bonds. The molecular weight excluding hydrogens is 330 g/mol. The maximum atomic E-state index is 13.1. The predicted molar refractivity (Wildman–Crippen MR) is 96.2 cm³/mol. The number of amides is 4. The third-order valence-corrected chi connectivity index (χ3v) is 5.94. The predicted octanol–water partition coefficient (Wildman–Crippen LogP) is 1.88. The minimum absolute atomic E-state index is 0.143.